The summed E-state index contributed by atoms with van der Waals surface area (Å²) in [5.41, 5.74) is 0.360. The maximum absolute atomic E-state index is 12.4. The number of hydrogen-bond donors (Lipinski definition) is 2. The van der Waals surface area contributed by atoms with Gasteiger partial charge in [-0.05, 0) is 44.5 Å². The first-order chi connectivity index (χ1) is 10.2. The molecule has 9 heteroatoms. The van der Waals surface area contributed by atoms with E-state index in [1.54, 1.807) is 13.8 Å². The molecule has 2 N–H and O–H groups in total. The molecule has 0 aliphatic carbocycles. The zero-order chi connectivity index (χ0) is 16.5. The van der Waals surface area contributed by atoms with Crippen molar-refractivity contribution in [3.8, 4) is 0 Å². The molecule has 22 heavy (non-hydrogen) atoms. The molecular formula is C13H15N3O5S. The zero-order valence-electron chi connectivity index (χ0n) is 12.2. The van der Waals surface area contributed by atoms with Gasteiger partial charge in [0, 0.05) is 0 Å². The number of aromatic carboxylic acids is 1. The fraction of sp³-hybridized carbons (Fsp3) is 0.308. The van der Waals surface area contributed by atoms with Crippen molar-refractivity contribution < 1.29 is 22.8 Å². The van der Waals surface area contributed by atoms with Crippen LogP contribution in [0.3, 0.4) is 0 Å². The lowest BCUT2D eigenvalue weighted by Gasteiger charge is -2.12. The van der Waals surface area contributed by atoms with Crippen LogP contribution < -0.4 is 4.72 Å². The molecule has 0 radical (unpaired) electrons. The summed E-state index contributed by atoms with van der Waals surface area (Å²) in [5.74, 6) is -0.557. The maximum Gasteiger partial charge on any atom is 0.335 e. The molecule has 0 saturated heterocycles. The van der Waals surface area contributed by atoms with Gasteiger partial charge in [0.25, 0.3) is 0 Å². The van der Waals surface area contributed by atoms with Gasteiger partial charge in [-0.15, -0.1) is 0 Å². The van der Waals surface area contributed by atoms with Crippen molar-refractivity contribution in [1.82, 2.24) is 14.9 Å². The molecule has 1 aromatic carbocycles. The van der Waals surface area contributed by atoms with Gasteiger partial charge in [-0.25, -0.2) is 13.2 Å². The van der Waals surface area contributed by atoms with E-state index < -0.39 is 22.0 Å². The first-order valence-electron chi connectivity index (χ1n) is 6.37. The maximum atomic E-state index is 12.4. The average Bonchev–Trinajstić information content (AvgIpc) is 2.84. The van der Waals surface area contributed by atoms with Crippen LogP contribution in [0.1, 0.15) is 40.6 Å². The highest BCUT2D eigenvalue weighted by Gasteiger charge is 2.23. The quantitative estimate of drug-likeness (QED) is 0.852. The Morgan fingerprint density at radius 1 is 1.36 bits per heavy atom. The summed E-state index contributed by atoms with van der Waals surface area (Å²) in [6.07, 6.45) is 0. The third-order valence-electron chi connectivity index (χ3n) is 2.96. The Hall–Kier alpha value is -2.26. The number of rotatable bonds is 5. The molecule has 0 bridgehead atoms. The van der Waals surface area contributed by atoms with Crippen LogP contribution in [0.25, 0.3) is 0 Å². The summed E-state index contributed by atoms with van der Waals surface area (Å²) in [4.78, 5) is 14.9. The number of benzene rings is 1. The minimum atomic E-state index is -3.84. The van der Waals surface area contributed by atoms with Crippen LogP contribution in [-0.4, -0.2) is 29.6 Å². The second-order valence-electron chi connectivity index (χ2n) is 4.81. The molecule has 1 atom stereocenters. The Morgan fingerprint density at radius 3 is 2.55 bits per heavy atom. The lowest BCUT2D eigenvalue weighted by atomic mass is 10.1. The molecule has 1 unspecified atom stereocenters. The predicted octanol–water partition coefficient (Wildman–Crippen LogP) is 1.42. The van der Waals surface area contributed by atoms with Crippen LogP contribution in [0.5, 0.6) is 0 Å². The molecule has 0 aliphatic rings. The van der Waals surface area contributed by atoms with E-state index in [0.717, 1.165) is 0 Å². The van der Waals surface area contributed by atoms with Crippen LogP contribution in [0.15, 0.2) is 27.6 Å². The SMILES string of the molecule is Cc1noc(C(C)NS(=O)(=O)c2ccc(C(=O)O)cc2C)n1. The third-order valence-corrected chi connectivity index (χ3v) is 4.66. The monoisotopic (exact) mass is 325 g/mol. The minimum Gasteiger partial charge on any atom is -0.478 e. The second kappa shape index (κ2) is 5.85. The van der Waals surface area contributed by atoms with E-state index in [4.69, 9.17) is 9.63 Å². The first-order valence-corrected chi connectivity index (χ1v) is 7.85. The molecule has 1 aromatic heterocycles. The number of carboxylic acids is 1. The molecule has 0 saturated carbocycles. The summed E-state index contributed by atoms with van der Waals surface area (Å²) in [6, 6.07) is 3.10. The Balaban J connectivity index is 2.29. The number of hydrogen-bond acceptors (Lipinski definition) is 6. The van der Waals surface area contributed by atoms with Crippen LogP contribution in [0.2, 0.25) is 0 Å². The number of nitrogens with one attached hydrogen (secondary N) is 1. The van der Waals surface area contributed by atoms with Gasteiger partial charge < -0.3 is 9.63 Å². The number of nitrogens with zero attached hydrogens (tertiary/aromatic N) is 2. The summed E-state index contributed by atoms with van der Waals surface area (Å²) >= 11 is 0. The highest BCUT2D eigenvalue weighted by molar-refractivity contribution is 7.89. The van der Waals surface area contributed by atoms with Crippen LogP contribution in [0, 0.1) is 13.8 Å². The minimum absolute atomic E-state index is 0.000544. The van der Waals surface area contributed by atoms with E-state index in [-0.39, 0.29) is 16.3 Å². The van der Waals surface area contributed by atoms with Crippen LogP contribution >= 0.6 is 0 Å². The molecule has 2 aromatic rings. The Kier molecular flexibility index (Phi) is 4.29. The van der Waals surface area contributed by atoms with Gasteiger partial charge in [-0.2, -0.15) is 9.71 Å². The van der Waals surface area contributed by atoms with Gasteiger partial charge in [0.15, 0.2) is 5.82 Å². The Labute approximate surface area is 127 Å². The lowest BCUT2D eigenvalue weighted by molar-refractivity contribution is 0.0696. The molecular weight excluding hydrogens is 310 g/mol. The first kappa shape index (κ1) is 16.1. The van der Waals surface area contributed by atoms with Crippen molar-refractivity contribution in [3.63, 3.8) is 0 Å². The fourth-order valence-corrected chi connectivity index (χ4v) is 3.34. The summed E-state index contributed by atoms with van der Waals surface area (Å²) in [5, 5.41) is 12.5. The number of aryl methyl sites for hydroxylation is 2. The highest BCUT2D eigenvalue weighted by Crippen LogP contribution is 2.20. The average molecular weight is 325 g/mol. The molecule has 0 fully saturated rings. The van der Waals surface area contributed by atoms with E-state index in [0.29, 0.717) is 11.4 Å². The summed E-state index contributed by atoms with van der Waals surface area (Å²) in [7, 11) is -3.84. The van der Waals surface area contributed by atoms with Crippen molar-refractivity contribution >= 4 is 16.0 Å². The third kappa shape index (κ3) is 3.31. The predicted molar refractivity (Wildman–Crippen MR) is 75.9 cm³/mol. The summed E-state index contributed by atoms with van der Waals surface area (Å²) < 4.78 is 32.1. The van der Waals surface area contributed by atoms with Gasteiger partial charge in [0.05, 0.1) is 16.5 Å². The van der Waals surface area contributed by atoms with E-state index >= 15 is 0 Å². The van der Waals surface area contributed by atoms with E-state index in [2.05, 4.69) is 14.9 Å². The van der Waals surface area contributed by atoms with Gasteiger partial charge >= 0.3 is 5.97 Å². The van der Waals surface area contributed by atoms with Crippen molar-refractivity contribution in [2.24, 2.45) is 0 Å². The number of sulfonamides is 1. The normalized spacial score (nSPS) is 13.0. The topological polar surface area (TPSA) is 122 Å². The molecule has 8 nitrogen and oxygen atoms in total. The van der Waals surface area contributed by atoms with Gasteiger partial charge in [-0.1, -0.05) is 5.16 Å². The summed E-state index contributed by atoms with van der Waals surface area (Å²) in [6.45, 7) is 4.73. The van der Waals surface area contributed by atoms with E-state index in [9.17, 15) is 13.2 Å². The standard InChI is InChI=1S/C13H15N3O5S/c1-7-6-10(13(17)18)4-5-11(7)22(19,20)16-8(2)12-14-9(3)15-21-12/h4-6,8,16H,1-3H3,(H,17,18). The highest BCUT2D eigenvalue weighted by atomic mass is 32.2. The largest absolute Gasteiger partial charge is 0.478 e. The fourth-order valence-electron chi connectivity index (χ4n) is 1.92. The van der Waals surface area contributed by atoms with Crippen LogP contribution in [0.4, 0.5) is 0 Å². The van der Waals surface area contributed by atoms with Crippen molar-refractivity contribution in [1.29, 1.82) is 0 Å². The molecule has 0 spiro atoms. The second-order valence-corrected chi connectivity index (χ2v) is 6.49. The zero-order valence-corrected chi connectivity index (χ0v) is 13.0. The van der Waals surface area contributed by atoms with Gasteiger partial charge in [0.1, 0.15) is 0 Å². The number of carboxylic acid groups (broad SMARTS) is 1. The Morgan fingerprint density at radius 2 is 2.05 bits per heavy atom. The molecule has 1 heterocycles. The Bertz CT molecular complexity index is 813. The van der Waals surface area contributed by atoms with Gasteiger partial charge in [0.2, 0.25) is 15.9 Å². The van der Waals surface area contributed by atoms with Gasteiger partial charge in [-0.3, -0.25) is 0 Å². The molecule has 2 rings (SSSR count). The van der Waals surface area contributed by atoms with Crippen molar-refractivity contribution in [2.75, 3.05) is 0 Å². The van der Waals surface area contributed by atoms with E-state index in [1.807, 2.05) is 0 Å². The number of carbonyl (C=O) groups is 1. The van der Waals surface area contributed by atoms with Crippen molar-refractivity contribution in [2.45, 2.75) is 31.7 Å². The smallest absolute Gasteiger partial charge is 0.335 e. The molecule has 118 valence electrons. The molecule has 0 amide bonds. The van der Waals surface area contributed by atoms with E-state index in [1.165, 1.54) is 25.1 Å². The van der Waals surface area contributed by atoms with Crippen LogP contribution in [-0.2, 0) is 10.0 Å². The number of aromatic nitrogens is 2. The van der Waals surface area contributed by atoms with Crippen molar-refractivity contribution in [3.05, 3.63) is 41.0 Å². The lowest BCUT2D eigenvalue weighted by Crippen LogP contribution is -2.27. The molecule has 0 aliphatic heterocycles.